The number of rotatable bonds is 11. The number of aliphatic carboxylic acids is 1. The molecule has 156 valence electrons. The third kappa shape index (κ3) is 6.08. The van der Waals surface area contributed by atoms with Crippen LogP contribution in [0.1, 0.15) is 12.0 Å². The molecule has 1 heterocycles. The molecule has 1 aromatic heterocycles. The molecule has 8 nitrogen and oxygen atoms in total. The van der Waals surface area contributed by atoms with Crippen molar-refractivity contribution in [3.63, 3.8) is 0 Å². The number of aliphatic hydroxyl groups is 1. The molecule has 0 unspecified atom stereocenters. The summed E-state index contributed by atoms with van der Waals surface area (Å²) in [6.07, 6.45) is 2.20. The van der Waals surface area contributed by atoms with E-state index in [-0.39, 0.29) is 24.7 Å². The van der Waals surface area contributed by atoms with E-state index in [1.165, 1.54) is 36.7 Å². The highest BCUT2D eigenvalue weighted by Gasteiger charge is 2.36. The summed E-state index contributed by atoms with van der Waals surface area (Å²) in [4.78, 5) is 15.5. The maximum absolute atomic E-state index is 13.4. The Morgan fingerprint density at radius 2 is 1.97 bits per heavy atom. The molecule has 0 spiro atoms. The first-order valence-corrected chi connectivity index (χ1v) is 10.00. The summed E-state index contributed by atoms with van der Waals surface area (Å²) in [5.74, 6) is -2.11. The summed E-state index contributed by atoms with van der Waals surface area (Å²) < 4.78 is 45.7. The number of carboxylic acids is 1. The van der Waals surface area contributed by atoms with Crippen LogP contribution in [-0.4, -0.2) is 53.1 Å². The number of hydrogen-bond donors (Lipinski definition) is 2. The van der Waals surface area contributed by atoms with Crippen LogP contribution in [0.25, 0.3) is 0 Å². The molecule has 0 saturated heterocycles. The second-order valence-corrected chi connectivity index (χ2v) is 7.92. The van der Waals surface area contributed by atoms with Crippen molar-refractivity contribution in [3.05, 3.63) is 66.8 Å². The van der Waals surface area contributed by atoms with E-state index >= 15 is 0 Å². The second-order valence-electron chi connectivity index (χ2n) is 6.03. The summed E-state index contributed by atoms with van der Waals surface area (Å²) in [6.45, 7) is 2.58. The molecule has 0 aliphatic heterocycles. The lowest BCUT2D eigenvalue weighted by molar-refractivity contribution is -0.141. The van der Waals surface area contributed by atoms with Gasteiger partial charge in [0.25, 0.3) is 0 Å². The first-order chi connectivity index (χ1) is 13.8. The van der Waals surface area contributed by atoms with Crippen molar-refractivity contribution in [3.8, 4) is 5.75 Å². The predicted octanol–water partition coefficient (Wildman–Crippen LogP) is 1.97. The van der Waals surface area contributed by atoms with Gasteiger partial charge in [-0.3, -0.25) is 9.78 Å². The molecule has 2 aromatic rings. The van der Waals surface area contributed by atoms with Crippen molar-refractivity contribution in [2.24, 2.45) is 0 Å². The standard InChI is InChI=1S/C19H21FN2O6S/c1-14(20)11-18(19(24)25)22(13-15-3-2-8-21-12-15)29(26,27)17-6-4-16(5-7-17)28-10-9-23/h2-8,12,18,23H,1,9-11,13H2,(H,24,25)/t18-/m1/s1. The Morgan fingerprint density at radius 3 is 2.48 bits per heavy atom. The quantitative estimate of drug-likeness (QED) is 0.566. The minimum Gasteiger partial charge on any atom is -0.491 e. The topological polar surface area (TPSA) is 117 Å². The van der Waals surface area contributed by atoms with Crippen LogP contribution in [0.15, 0.2) is 66.1 Å². The first-order valence-electron chi connectivity index (χ1n) is 8.56. The Bertz CT molecular complexity index is 935. The van der Waals surface area contributed by atoms with Crippen LogP contribution in [0.2, 0.25) is 0 Å². The molecular weight excluding hydrogens is 403 g/mol. The maximum atomic E-state index is 13.4. The average molecular weight is 424 g/mol. The lowest BCUT2D eigenvalue weighted by Crippen LogP contribution is -2.44. The zero-order valence-corrected chi connectivity index (χ0v) is 16.3. The zero-order valence-electron chi connectivity index (χ0n) is 15.4. The molecule has 10 heteroatoms. The maximum Gasteiger partial charge on any atom is 0.322 e. The van der Waals surface area contributed by atoms with Crippen LogP contribution in [0.3, 0.4) is 0 Å². The molecule has 1 aromatic carbocycles. The van der Waals surface area contributed by atoms with Gasteiger partial charge in [-0.05, 0) is 35.9 Å². The Morgan fingerprint density at radius 1 is 1.28 bits per heavy atom. The number of aliphatic hydroxyl groups excluding tert-OH is 1. The molecule has 29 heavy (non-hydrogen) atoms. The highest BCUT2D eigenvalue weighted by Crippen LogP contribution is 2.26. The zero-order chi connectivity index (χ0) is 21.4. The SMILES string of the molecule is C=C(F)C[C@H](C(=O)O)N(Cc1cccnc1)S(=O)(=O)c1ccc(OCCO)cc1. The summed E-state index contributed by atoms with van der Waals surface area (Å²) in [6, 6.07) is 6.75. The Balaban J connectivity index is 2.44. The van der Waals surface area contributed by atoms with Gasteiger partial charge in [-0.25, -0.2) is 12.8 Å². The first kappa shape index (κ1) is 22.5. The second kappa shape index (κ2) is 10.1. The molecule has 0 saturated carbocycles. The normalized spacial score (nSPS) is 12.5. The summed E-state index contributed by atoms with van der Waals surface area (Å²) >= 11 is 0. The third-order valence-corrected chi connectivity index (χ3v) is 5.77. The van der Waals surface area contributed by atoms with Gasteiger partial charge in [0.2, 0.25) is 10.0 Å². The van der Waals surface area contributed by atoms with E-state index in [2.05, 4.69) is 11.6 Å². The van der Waals surface area contributed by atoms with E-state index in [0.717, 1.165) is 0 Å². The summed E-state index contributed by atoms with van der Waals surface area (Å²) in [5, 5.41) is 18.3. The Labute approximate surface area is 167 Å². The molecule has 2 N–H and O–H groups in total. The molecular formula is C19H21FN2O6S. The molecule has 2 rings (SSSR count). The molecule has 0 aliphatic carbocycles. The number of pyridine rings is 1. The van der Waals surface area contributed by atoms with Gasteiger partial charge in [-0.2, -0.15) is 4.31 Å². The van der Waals surface area contributed by atoms with E-state index in [0.29, 0.717) is 15.6 Å². The van der Waals surface area contributed by atoms with E-state index in [9.17, 15) is 22.7 Å². The largest absolute Gasteiger partial charge is 0.491 e. The molecule has 0 bridgehead atoms. The Hall–Kier alpha value is -2.82. The highest BCUT2D eigenvalue weighted by molar-refractivity contribution is 7.89. The van der Waals surface area contributed by atoms with Crippen molar-refractivity contribution in [1.29, 1.82) is 0 Å². The van der Waals surface area contributed by atoms with Gasteiger partial charge in [0.1, 0.15) is 18.4 Å². The van der Waals surface area contributed by atoms with E-state index < -0.39 is 34.3 Å². The van der Waals surface area contributed by atoms with Crippen LogP contribution in [0, 0.1) is 0 Å². The van der Waals surface area contributed by atoms with Gasteiger partial charge in [-0.1, -0.05) is 12.6 Å². The minimum absolute atomic E-state index is 0.0406. The highest BCUT2D eigenvalue weighted by atomic mass is 32.2. The van der Waals surface area contributed by atoms with Gasteiger partial charge in [0.05, 0.1) is 17.3 Å². The monoisotopic (exact) mass is 424 g/mol. The number of sulfonamides is 1. The lowest BCUT2D eigenvalue weighted by atomic mass is 10.2. The van der Waals surface area contributed by atoms with Crippen molar-refractivity contribution in [2.75, 3.05) is 13.2 Å². The number of carbonyl (C=O) groups is 1. The van der Waals surface area contributed by atoms with Crippen LogP contribution in [0.5, 0.6) is 5.75 Å². The molecule has 0 fully saturated rings. The average Bonchev–Trinajstić information content (AvgIpc) is 2.69. The lowest BCUT2D eigenvalue weighted by Gasteiger charge is -2.28. The molecule has 0 aliphatic rings. The summed E-state index contributed by atoms with van der Waals surface area (Å²) in [5.41, 5.74) is 0.440. The molecule has 0 radical (unpaired) electrons. The van der Waals surface area contributed by atoms with Crippen LogP contribution in [-0.2, 0) is 21.4 Å². The van der Waals surface area contributed by atoms with Crippen LogP contribution < -0.4 is 4.74 Å². The number of nitrogens with zero attached hydrogens (tertiary/aromatic N) is 2. The number of ether oxygens (including phenoxy) is 1. The molecule has 1 atom stereocenters. The number of halogens is 1. The van der Waals surface area contributed by atoms with E-state index in [1.807, 2.05) is 0 Å². The number of carboxylic acid groups (broad SMARTS) is 1. The minimum atomic E-state index is -4.31. The number of hydrogen-bond acceptors (Lipinski definition) is 6. The third-order valence-electron chi connectivity index (χ3n) is 3.90. The van der Waals surface area contributed by atoms with Gasteiger partial charge >= 0.3 is 5.97 Å². The predicted molar refractivity (Wildman–Crippen MR) is 102 cm³/mol. The fourth-order valence-electron chi connectivity index (χ4n) is 2.56. The smallest absolute Gasteiger partial charge is 0.322 e. The van der Waals surface area contributed by atoms with Gasteiger partial charge in [0, 0.05) is 25.4 Å². The number of benzene rings is 1. The van der Waals surface area contributed by atoms with Crippen LogP contribution >= 0.6 is 0 Å². The van der Waals surface area contributed by atoms with Crippen molar-refractivity contribution in [1.82, 2.24) is 9.29 Å². The van der Waals surface area contributed by atoms with Crippen molar-refractivity contribution < 1.29 is 32.6 Å². The van der Waals surface area contributed by atoms with Crippen molar-refractivity contribution in [2.45, 2.75) is 23.9 Å². The van der Waals surface area contributed by atoms with E-state index in [1.54, 1.807) is 12.1 Å². The Kier molecular flexibility index (Phi) is 7.82. The van der Waals surface area contributed by atoms with Crippen molar-refractivity contribution >= 4 is 16.0 Å². The fourth-order valence-corrected chi connectivity index (χ4v) is 4.13. The van der Waals surface area contributed by atoms with Crippen LogP contribution in [0.4, 0.5) is 4.39 Å². The molecule has 0 amide bonds. The summed E-state index contributed by atoms with van der Waals surface area (Å²) in [7, 11) is -4.31. The van der Waals surface area contributed by atoms with E-state index in [4.69, 9.17) is 9.84 Å². The van der Waals surface area contributed by atoms with Gasteiger partial charge < -0.3 is 14.9 Å². The van der Waals surface area contributed by atoms with Gasteiger partial charge in [0.15, 0.2) is 0 Å². The van der Waals surface area contributed by atoms with Gasteiger partial charge in [-0.15, -0.1) is 0 Å². The number of aromatic nitrogens is 1. The fraction of sp³-hybridized carbons (Fsp3) is 0.263.